The molecule has 0 aliphatic heterocycles. The van der Waals surface area contributed by atoms with Crippen LogP contribution < -0.4 is 4.74 Å². The highest BCUT2D eigenvalue weighted by Crippen LogP contribution is 2.39. The number of esters is 1. The summed E-state index contributed by atoms with van der Waals surface area (Å²) in [5.41, 5.74) is 0.942. The summed E-state index contributed by atoms with van der Waals surface area (Å²) in [6.07, 6.45) is -0.140. The molecule has 0 aromatic heterocycles. The Morgan fingerprint density at radius 2 is 1.62 bits per heavy atom. The van der Waals surface area contributed by atoms with Crippen LogP contribution in [0.15, 0.2) is 24.3 Å². The zero-order chi connectivity index (χ0) is 20.1. The van der Waals surface area contributed by atoms with Crippen LogP contribution in [0.3, 0.4) is 0 Å². The second-order valence-electron chi connectivity index (χ2n) is 8.83. The molecule has 148 valence electrons. The molecule has 0 saturated carbocycles. The molecule has 2 atom stereocenters. The summed E-state index contributed by atoms with van der Waals surface area (Å²) in [5, 5.41) is 0.104. The lowest BCUT2D eigenvalue weighted by Crippen LogP contribution is -2.48. The van der Waals surface area contributed by atoms with Crippen molar-refractivity contribution in [3.63, 3.8) is 0 Å². The van der Waals surface area contributed by atoms with Crippen molar-refractivity contribution in [2.75, 3.05) is 7.11 Å². The summed E-state index contributed by atoms with van der Waals surface area (Å²) in [4.78, 5) is 12.6. The highest BCUT2D eigenvalue weighted by molar-refractivity contribution is 6.74. The van der Waals surface area contributed by atoms with E-state index in [4.69, 9.17) is 13.9 Å². The second-order valence-corrected chi connectivity index (χ2v) is 13.6. The lowest BCUT2D eigenvalue weighted by molar-refractivity contribution is -0.153. The van der Waals surface area contributed by atoms with Crippen molar-refractivity contribution in [3.05, 3.63) is 29.8 Å². The molecule has 0 aliphatic rings. The van der Waals surface area contributed by atoms with E-state index >= 15 is 0 Å². The minimum Gasteiger partial charge on any atom is -0.497 e. The van der Waals surface area contributed by atoms with Gasteiger partial charge in [-0.2, -0.15) is 0 Å². The van der Waals surface area contributed by atoms with Gasteiger partial charge >= 0.3 is 5.97 Å². The van der Waals surface area contributed by atoms with E-state index in [9.17, 15) is 4.79 Å². The van der Waals surface area contributed by atoms with Gasteiger partial charge in [-0.3, -0.25) is 4.79 Å². The predicted octanol–water partition coefficient (Wildman–Crippen LogP) is 5.42. The summed E-state index contributed by atoms with van der Waals surface area (Å²) in [6, 6.07) is 7.54. The van der Waals surface area contributed by atoms with E-state index in [0.717, 1.165) is 11.3 Å². The minimum absolute atomic E-state index is 0.104. The molecule has 2 unspecified atom stereocenters. The van der Waals surface area contributed by atoms with Crippen LogP contribution in [0, 0.1) is 11.8 Å². The molecule has 0 fully saturated rings. The topological polar surface area (TPSA) is 44.8 Å². The lowest BCUT2D eigenvalue weighted by atomic mass is 9.95. The van der Waals surface area contributed by atoms with Crippen molar-refractivity contribution in [1.29, 1.82) is 0 Å². The van der Waals surface area contributed by atoms with Gasteiger partial charge in [0, 0.05) is 0 Å². The lowest BCUT2D eigenvalue weighted by Gasteiger charge is -2.41. The average molecular weight is 381 g/mol. The molecular formula is C21H36O4Si. The van der Waals surface area contributed by atoms with Crippen LogP contribution in [-0.4, -0.2) is 27.5 Å². The van der Waals surface area contributed by atoms with E-state index in [1.807, 2.05) is 31.2 Å². The molecule has 0 heterocycles. The van der Waals surface area contributed by atoms with Gasteiger partial charge in [-0.25, -0.2) is 0 Å². The number of hydrogen-bond donors (Lipinski definition) is 0. The Kier molecular flexibility index (Phi) is 7.90. The Hall–Kier alpha value is -1.33. The fourth-order valence-corrected chi connectivity index (χ4v) is 3.98. The van der Waals surface area contributed by atoms with Crippen LogP contribution in [0.4, 0.5) is 0 Å². The maximum Gasteiger partial charge on any atom is 0.311 e. The molecule has 0 saturated heterocycles. The van der Waals surface area contributed by atoms with E-state index in [1.54, 1.807) is 7.11 Å². The molecule has 0 aliphatic carbocycles. The number of carbonyl (C=O) groups excluding carboxylic acids is 1. The van der Waals surface area contributed by atoms with Gasteiger partial charge < -0.3 is 13.9 Å². The maximum absolute atomic E-state index is 12.6. The first-order valence-corrected chi connectivity index (χ1v) is 12.3. The molecule has 1 aromatic rings. The van der Waals surface area contributed by atoms with Gasteiger partial charge in [-0.1, -0.05) is 46.8 Å². The van der Waals surface area contributed by atoms with Crippen molar-refractivity contribution < 1.29 is 18.7 Å². The quantitative estimate of drug-likeness (QED) is 0.446. The van der Waals surface area contributed by atoms with Gasteiger partial charge in [0.2, 0.25) is 0 Å². The van der Waals surface area contributed by atoms with E-state index in [1.165, 1.54) is 0 Å². The van der Waals surface area contributed by atoms with Crippen LogP contribution in [0.2, 0.25) is 18.1 Å². The Balaban J connectivity index is 2.75. The maximum atomic E-state index is 12.6. The third kappa shape index (κ3) is 6.13. The highest BCUT2D eigenvalue weighted by atomic mass is 28.4. The summed E-state index contributed by atoms with van der Waals surface area (Å²) in [6.45, 7) is 17.5. The normalized spacial score (nSPS) is 14.8. The molecule has 0 amide bonds. The Labute approximate surface area is 160 Å². The van der Waals surface area contributed by atoms with Crippen molar-refractivity contribution in [1.82, 2.24) is 0 Å². The van der Waals surface area contributed by atoms with Gasteiger partial charge in [0.15, 0.2) is 8.32 Å². The number of benzene rings is 1. The molecule has 0 radical (unpaired) electrons. The Morgan fingerprint density at radius 3 is 2.04 bits per heavy atom. The Bertz CT molecular complexity index is 573. The van der Waals surface area contributed by atoms with Gasteiger partial charge in [0.05, 0.1) is 19.1 Å². The third-order valence-electron chi connectivity index (χ3n) is 5.30. The van der Waals surface area contributed by atoms with Crippen LogP contribution >= 0.6 is 0 Å². The van der Waals surface area contributed by atoms with E-state index in [2.05, 4.69) is 47.7 Å². The second kappa shape index (κ2) is 9.04. The van der Waals surface area contributed by atoms with Crippen molar-refractivity contribution in [2.24, 2.45) is 11.8 Å². The summed E-state index contributed by atoms with van der Waals surface area (Å²) in [5.74, 6) is 0.518. The van der Waals surface area contributed by atoms with E-state index in [0.29, 0.717) is 0 Å². The molecule has 0 N–H and O–H groups in total. The first-order valence-electron chi connectivity index (χ1n) is 9.36. The number of ether oxygens (including phenoxy) is 2. The number of carbonyl (C=O) groups is 1. The third-order valence-corrected chi connectivity index (χ3v) is 9.77. The van der Waals surface area contributed by atoms with Gasteiger partial charge in [0.1, 0.15) is 12.4 Å². The molecule has 1 rings (SSSR count). The van der Waals surface area contributed by atoms with Crippen LogP contribution in [-0.2, 0) is 20.6 Å². The van der Waals surface area contributed by atoms with Crippen molar-refractivity contribution >= 4 is 14.3 Å². The summed E-state index contributed by atoms with van der Waals surface area (Å²) >= 11 is 0. The number of rotatable bonds is 8. The van der Waals surface area contributed by atoms with E-state index in [-0.39, 0.29) is 35.6 Å². The average Bonchev–Trinajstić information content (AvgIpc) is 2.56. The van der Waals surface area contributed by atoms with Crippen LogP contribution in [0.1, 0.15) is 47.1 Å². The SMILES string of the molecule is COc1ccc(COC(=O)C(C)C(O[Si](C)(C)C(C)(C)C)C(C)C)cc1. The van der Waals surface area contributed by atoms with Gasteiger partial charge in [-0.15, -0.1) is 0 Å². The molecule has 0 spiro atoms. The van der Waals surface area contributed by atoms with Crippen LogP contribution in [0.25, 0.3) is 0 Å². The molecule has 0 bridgehead atoms. The largest absolute Gasteiger partial charge is 0.497 e. The first-order chi connectivity index (χ1) is 11.9. The molecule has 1 aromatic carbocycles. The Morgan fingerprint density at radius 1 is 1.08 bits per heavy atom. The highest BCUT2D eigenvalue weighted by Gasteiger charge is 2.42. The molecular weight excluding hydrogens is 344 g/mol. The predicted molar refractivity (Wildman–Crippen MR) is 109 cm³/mol. The van der Waals surface area contributed by atoms with Crippen molar-refractivity contribution in [2.45, 2.75) is 72.4 Å². The van der Waals surface area contributed by atoms with Crippen LogP contribution in [0.5, 0.6) is 5.75 Å². The molecule has 5 heteroatoms. The number of hydrogen-bond acceptors (Lipinski definition) is 4. The zero-order valence-corrected chi connectivity index (χ0v) is 18.9. The smallest absolute Gasteiger partial charge is 0.311 e. The first kappa shape index (κ1) is 22.7. The fourth-order valence-electron chi connectivity index (χ4n) is 2.47. The minimum atomic E-state index is -1.96. The fraction of sp³-hybridized carbons (Fsp3) is 0.667. The van der Waals surface area contributed by atoms with Crippen molar-refractivity contribution in [3.8, 4) is 5.75 Å². The van der Waals surface area contributed by atoms with Gasteiger partial charge in [0.25, 0.3) is 0 Å². The zero-order valence-electron chi connectivity index (χ0n) is 17.9. The monoisotopic (exact) mass is 380 g/mol. The number of methoxy groups -OCH3 is 1. The molecule has 26 heavy (non-hydrogen) atoms. The summed E-state index contributed by atoms with van der Waals surface area (Å²) in [7, 11) is -0.328. The standard InChI is InChI=1S/C21H36O4Si/c1-15(2)19(25-26(8,9)21(4,5)6)16(3)20(22)24-14-17-10-12-18(23-7)13-11-17/h10-13,15-16,19H,14H2,1-9H3. The van der Waals surface area contributed by atoms with E-state index < -0.39 is 8.32 Å². The van der Waals surface area contributed by atoms with Gasteiger partial charge in [-0.05, 0) is 48.7 Å². The molecule has 4 nitrogen and oxygen atoms in total. The summed E-state index contributed by atoms with van der Waals surface area (Å²) < 4.78 is 17.2.